The standard InChI is InChI=1S/C30H35N7O5/c1-29(2,40)15-41-23-7-6-22-21(14-33-37(22)24(23)16-4-5-16)27(39)34-18-9-30(10-18)11-19(12-30)42-28-20(25(31)38)8-17-13-32-36(3)26(17)35-28/h6-8,13-14,16,18-19,40H,4-5,9-12,15H2,1-3H3,(H2,31,38)(H,34,39)/t18-,19-,30?. The Morgan fingerprint density at radius 1 is 1.14 bits per heavy atom. The van der Waals surface area contributed by atoms with Crippen LogP contribution in [0.1, 0.15) is 84.7 Å². The van der Waals surface area contributed by atoms with Gasteiger partial charge in [-0.2, -0.15) is 15.2 Å². The molecule has 0 saturated heterocycles. The second-order valence-corrected chi connectivity index (χ2v) is 12.9. The van der Waals surface area contributed by atoms with Gasteiger partial charge in [-0.15, -0.1) is 0 Å². The molecule has 0 atom stereocenters. The van der Waals surface area contributed by atoms with E-state index in [1.807, 2.05) is 16.6 Å². The summed E-state index contributed by atoms with van der Waals surface area (Å²) in [5.74, 6) is 0.558. The molecule has 3 aliphatic rings. The van der Waals surface area contributed by atoms with Crippen molar-refractivity contribution in [2.75, 3.05) is 6.61 Å². The van der Waals surface area contributed by atoms with Crippen molar-refractivity contribution in [1.82, 2.24) is 29.7 Å². The number of carbonyl (C=O) groups excluding carboxylic acids is 2. The molecule has 0 bridgehead atoms. The van der Waals surface area contributed by atoms with Gasteiger partial charge in [0.2, 0.25) is 5.88 Å². The highest BCUT2D eigenvalue weighted by Gasteiger charge is 2.54. The summed E-state index contributed by atoms with van der Waals surface area (Å²) in [7, 11) is 1.79. The number of aromatic nitrogens is 5. The molecule has 42 heavy (non-hydrogen) atoms. The van der Waals surface area contributed by atoms with Gasteiger partial charge in [0.25, 0.3) is 11.8 Å². The lowest BCUT2D eigenvalue weighted by Gasteiger charge is -2.57. The lowest BCUT2D eigenvalue weighted by atomic mass is 9.53. The SMILES string of the molecule is Cn1ncc2cc(C(N)=O)c(O[C@H]3CC4(C[C@H](NC(=O)c5cnn6c(C7CC7)c(OCC(C)(C)O)ccc56)C4)C3)nc21. The molecular weight excluding hydrogens is 538 g/mol. The summed E-state index contributed by atoms with van der Waals surface area (Å²) in [4.78, 5) is 29.8. The Balaban J connectivity index is 0.982. The fourth-order valence-electron chi connectivity index (χ4n) is 6.50. The Bertz CT molecular complexity index is 1720. The number of ether oxygens (including phenoxy) is 2. The van der Waals surface area contributed by atoms with E-state index in [-0.39, 0.29) is 41.5 Å². The Hall–Kier alpha value is -4.19. The van der Waals surface area contributed by atoms with Gasteiger partial charge in [0.05, 0.1) is 34.8 Å². The molecule has 3 aliphatic carbocycles. The number of nitrogens with two attached hydrogens (primary N) is 1. The molecule has 3 fully saturated rings. The third-order valence-corrected chi connectivity index (χ3v) is 8.70. The van der Waals surface area contributed by atoms with Gasteiger partial charge in [0, 0.05) is 24.4 Å². The van der Waals surface area contributed by atoms with E-state index in [1.165, 1.54) is 0 Å². The summed E-state index contributed by atoms with van der Waals surface area (Å²) in [5, 5.41) is 22.8. The zero-order valence-corrected chi connectivity index (χ0v) is 24.0. The van der Waals surface area contributed by atoms with Crippen LogP contribution in [-0.2, 0) is 7.05 Å². The number of aryl methyl sites for hydroxylation is 1. The van der Waals surface area contributed by atoms with Crippen molar-refractivity contribution in [3.63, 3.8) is 0 Å². The molecule has 220 valence electrons. The molecule has 1 spiro atoms. The summed E-state index contributed by atoms with van der Waals surface area (Å²) in [6.07, 6.45) is 8.71. The van der Waals surface area contributed by atoms with Crippen LogP contribution >= 0.6 is 0 Å². The minimum Gasteiger partial charge on any atom is -0.489 e. The van der Waals surface area contributed by atoms with Gasteiger partial charge in [-0.1, -0.05) is 0 Å². The first-order valence-electron chi connectivity index (χ1n) is 14.4. The number of hydrogen-bond donors (Lipinski definition) is 3. The number of carbonyl (C=O) groups is 2. The summed E-state index contributed by atoms with van der Waals surface area (Å²) in [6, 6.07) is 5.50. The fourth-order valence-corrected chi connectivity index (χ4v) is 6.50. The van der Waals surface area contributed by atoms with E-state index < -0.39 is 11.5 Å². The molecule has 0 radical (unpaired) electrons. The maximum Gasteiger partial charge on any atom is 0.255 e. The molecule has 7 rings (SSSR count). The third kappa shape index (κ3) is 4.73. The maximum absolute atomic E-state index is 13.3. The van der Waals surface area contributed by atoms with E-state index in [2.05, 4.69) is 20.5 Å². The summed E-state index contributed by atoms with van der Waals surface area (Å²) >= 11 is 0. The predicted octanol–water partition coefficient (Wildman–Crippen LogP) is 2.86. The van der Waals surface area contributed by atoms with E-state index in [0.717, 1.165) is 55.1 Å². The number of fused-ring (bicyclic) bond motifs is 2. The Morgan fingerprint density at radius 2 is 1.90 bits per heavy atom. The van der Waals surface area contributed by atoms with Gasteiger partial charge in [-0.05, 0) is 76.0 Å². The maximum atomic E-state index is 13.3. The molecule has 0 unspecified atom stereocenters. The van der Waals surface area contributed by atoms with Crippen molar-refractivity contribution >= 4 is 28.4 Å². The van der Waals surface area contributed by atoms with Crippen LogP contribution < -0.4 is 20.5 Å². The van der Waals surface area contributed by atoms with Crippen LogP contribution in [-0.4, -0.2) is 65.7 Å². The van der Waals surface area contributed by atoms with Crippen LogP contribution in [0.25, 0.3) is 16.6 Å². The molecule has 3 saturated carbocycles. The number of rotatable bonds is 9. The number of nitrogens with zero attached hydrogens (tertiary/aromatic N) is 5. The normalized spacial score (nSPS) is 23.5. The fraction of sp³-hybridized carbons (Fsp3) is 0.500. The van der Waals surface area contributed by atoms with Gasteiger partial charge in [-0.25, -0.2) is 4.52 Å². The van der Waals surface area contributed by atoms with Crippen molar-refractivity contribution in [3.05, 3.63) is 47.4 Å². The third-order valence-electron chi connectivity index (χ3n) is 8.70. The van der Waals surface area contributed by atoms with Crippen molar-refractivity contribution in [2.24, 2.45) is 18.2 Å². The molecule has 0 aromatic carbocycles. The molecule has 4 aromatic heterocycles. The van der Waals surface area contributed by atoms with Crippen molar-refractivity contribution in [3.8, 4) is 11.6 Å². The first-order valence-corrected chi connectivity index (χ1v) is 14.4. The second kappa shape index (κ2) is 9.41. The van der Waals surface area contributed by atoms with Crippen LogP contribution in [0.3, 0.4) is 0 Å². The number of pyridine rings is 2. The molecule has 4 N–H and O–H groups in total. The Morgan fingerprint density at radius 3 is 2.60 bits per heavy atom. The van der Waals surface area contributed by atoms with Gasteiger partial charge in [0.1, 0.15) is 24.0 Å². The van der Waals surface area contributed by atoms with Crippen molar-refractivity contribution < 1.29 is 24.2 Å². The molecule has 0 aliphatic heterocycles. The van der Waals surface area contributed by atoms with Crippen LogP contribution in [0, 0.1) is 5.41 Å². The topological polar surface area (TPSA) is 159 Å². The van der Waals surface area contributed by atoms with Gasteiger partial charge in [0.15, 0.2) is 5.65 Å². The largest absolute Gasteiger partial charge is 0.489 e. The van der Waals surface area contributed by atoms with E-state index in [0.29, 0.717) is 22.9 Å². The summed E-state index contributed by atoms with van der Waals surface area (Å²) < 4.78 is 15.5. The first-order chi connectivity index (χ1) is 20.0. The second-order valence-electron chi connectivity index (χ2n) is 12.9. The minimum atomic E-state index is -0.949. The molecule has 4 heterocycles. The monoisotopic (exact) mass is 573 g/mol. The van der Waals surface area contributed by atoms with Crippen LogP contribution in [0.5, 0.6) is 11.6 Å². The Labute approximate surface area is 242 Å². The van der Waals surface area contributed by atoms with E-state index in [1.54, 1.807) is 44.0 Å². The summed E-state index contributed by atoms with van der Waals surface area (Å²) in [6.45, 7) is 3.59. The highest BCUT2D eigenvalue weighted by molar-refractivity contribution is 6.01. The van der Waals surface area contributed by atoms with Gasteiger partial charge >= 0.3 is 0 Å². The lowest BCUT2D eigenvalue weighted by molar-refractivity contribution is -0.0847. The quantitative estimate of drug-likeness (QED) is 0.276. The van der Waals surface area contributed by atoms with E-state index >= 15 is 0 Å². The number of hydrogen-bond acceptors (Lipinski definition) is 8. The predicted molar refractivity (Wildman–Crippen MR) is 153 cm³/mol. The van der Waals surface area contributed by atoms with Crippen molar-refractivity contribution in [1.29, 1.82) is 0 Å². The first kappa shape index (κ1) is 26.7. The van der Waals surface area contributed by atoms with E-state index in [4.69, 9.17) is 15.2 Å². The average Bonchev–Trinajstić information content (AvgIpc) is 3.54. The molecule has 12 heteroatoms. The zero-order chi connectivity index (χ0) is 29.4. The zero-order valence-electron chi connectivity index (χ0n) is 24.0. The highest BCUT2D eigenvalue weighted by Crippen LogP contribution is 2.57. The van der Waals surface area contributed by atoms with Crippen LogP contribution in [0.15, 0.2) is 30.6 Å². The number of amides is 2. The van der Waals surface area contributed by atoms with Gasteiger partial charge in [-0.3, -0.25) is 14.3 Å². The minimum absolute atomic E-state index is 0.0637. The number of primary amides is 1. The lowest BCUT2D eigenvalue weighted by Crippen LogP contribution is -2.58. The Kier molecular flexibility index (Phi) is 5.98. The van der Waals surface area contributed by atoms with E-state index in [9.17, 15) is 14.7 Å². The van der Waals surface area contributed by atoms with Gasteiger partial charge < -0.3 is 25.6 Å². The highest BCUT2D eigenvalue weighted by atomic mass is 16.5. The van der Waals surface area contributed by atoms with Crippen molar-refractivity contribution in [2.45, 2.75) is 76.0 Å². The number of aliphatic hydroxyl groups is 1. The van der Waals surface area contributed by atoms with Crippen LogP contribution in [0.4, 0.5) is 0 Å². The summed E-state index contributed by atoms with van der Waals surface area (Å²) in [5.41, 5.74) is 7.89. The average molecular weight is 574 g/mol. The molecule has 12 nitrogen and oxygen atoms in total. The number of nitrogens with one attached hydrogen (secondary N) is 1. The molecular formula is C30H35N7O5. The molecule has 2 amide bonds. The smallest absolute Gasteiger partial charge is 0.255 e. The van der Waals surface area contributed by atoms with Crippen LogP contribution in [0.2, 0.25) is 0 Å². The molecule has 4 aromatic rings.